The summed E-state index contributed by atoms with van der Waals surface area (Å²) in [7, 11) is 0. The van der Waals surface area contributed by atoms with E-state index in [1.165, 1.54) is 0 Å². The summed E-state index contributed by atoms with van der Waals surface area (Å²) in [4.78, 5) is 11.4. The molecule has 76 valence electrons. The van der Waals surface area contributed by atoms with Gasteiger partial charge in [0.15, 0.2) is 0 Å². The third-order valence-electron chi connectivity index (χ3n) is 1.57. The summed E-state index contributed by atoms with van der Waals surface area (Å²) in [6.45, 7) is 3.18. The van der Waals surface area contributed by atoms with Crippen LogP contribution in [-0.4, -0.2) is 23.3 Å². The summed E-state index contributed by atoms with van der Waals surface area (Å²) in [5.41, 5.74) is -0.485. The van der Waals surface area contributed by atoms with Crippen molar-refractivity contribution in [3.8, 4) is 0 Å². The van der Waals surface area contributed by atoms with Gasteiger partial charge in [0.2, 0.25) is 0 Å². The molecule has 1 rings (SSSR count). The van der Waals surface area contributed by atoms with Crippen LogP contribution in [0.4, 0.5) is 0 Å². The molecule has 0 saturated carbocycles. The van der Waals surface area contributed by atoms with E-state index >= 15 is 0 Å². The molecule has 0 heterocycles. The van der Waals surface area contributed by atoms with Gasteiger partial charge in [-0.15, -0.1) is 0 Å². The van der Waals surface area contributed by atoms with Gasteiger partial charge in [0.1, 0.15) is 6.61 Å². The fraction of sp³-hybridized carbons (Fsp3) is 0.364. The van der Waals surface area contributed by atoms with E-state index in [4.69, 9.17) is 4.74 Å². The molecule has 0 saturated heterocycles. The fourth-order valence-corrected chi connectivity index (χ4v) is 0.900. The Morgan fingerprint density at radius 2 is 1.93 bits per heavy atom. The van der Waals surface area contributed by atoms with Crippen LogP contribution in [0.2, 0.25) is 0 Å². The molecule has 1 aromatic rings. The third kappa shape index (κ3) is 3.58. The highest BCUT2D eigenvalue weighted by Gasteiger charge is 2.16. The zero-order valence-electron chi connectivity index (χ0n) is 8.36. The number of hydrogen-bond acceptors (Lipinski definition) is 3. The summed E-state index contributed by atoms with van der Waals surface area (Å²) >= 11 is 0. The number of hydrogen-bond donors (Lipinski definition) is 1. The van der Waals surface area contributed by atoms with Gasteiger partial charge in [0.25, 0.3) is 0 Å². The van der Waals surface area contributed by atoms with Crippen LogP contribution in [0.25, 0.3) is 0 Å². The molecule has 0 spiro atoms. The van der Waals surface area contributed by atoms with E-state index < -0.39 is 11.6 Å². The Kier molecular flexibility index (Phi) is 3.25. The molecule has 0 aromatic heterocycles. The van der Waals surface area contributed by atoms with Crippen LogP contribution in [0, 0.1) is 0 Å². The highest BCUT2D eigenvalue weighted by molar-refractivity contribution is 5.89. The molecule has 0 bridgehead atoms. The lowest BCUT2D eigenvalue weighted by molar-refractivity contribution is -0.0100. The third-order valence-corrected chi connectivity index (χ3v) is 1.57. The van der Waals surface area contributed by atoms with Gasteiger partial charge in [-0.25, -0.2) is 4.79 Å². The molecule has 0 amide bonds. The summed E-state index contributed by atoms with van der Waals surface area (Å²) in [5, 5.41) is 9.34. The maximum Gasteiger partial charge on any atom is 0.338 e. The lowest BCUT2D eigenvalue weighted by Crippen LogP contribution is -2.27. The quantitative estimate of drug-likeness (QED) is 0.743. The fourth-order valence-electron chi connectivity index (χ4n) is 0.900. The van der Waals surface area contributed by atoms with Crippen LogP contribution in [0.3, 0.4) is 0 Å². The molecule has 0 aliphatic carbocycles. The molecule has 0 aliphatic rings. The summed E-state index contributed by atoms with van der Waals surface area (Å²) in [6, 6.07) is 8.70. The second kappa shape index (κ2) is 4.24. The maximum atomic E-state index is 11.4. The van der Waals surface area contributed by atoms with Gasteiger partial charge >= 0.3 is 5.97 Å². The van der Waals surface area contributed by atoms with E-state index in [9.17, 15) is 9.90 Å². The predicted octanol–water partition coefficient (Wildman–Crippen LogP) is 1.61. The minimum atomic E-state index is -0.982. The van der Waals surface area contributed by atoms with Crippen LogP contribution in [-0.2, 0) is 4.74 Å². The molecule has 0 aliphatic heterocycles. The first-order valence-corrected chi connectivity index (χ1v) is 4.43. The second-order valence-electron chi connectivity index (χ2n) is 3.75. The van der Waals surface area contributed by atoms with Crippen molar-refractivity contribution >= 4 is 5.97 Å². The molecular weight excluding hydrogens is 180 g/mol. The van der Waals surface area contributed by atoms with Crippen LogP contribution in [0.5, 0.6) is 0 Å². The van der Waals surface area contributed by atoms with Gasteiger partial charge in [-0.05, 0) is 26.0 Å². The van der Waals surface area contributed by atoms with E-state index in [2.05, 4.69) is 0 Å². The van der Waals surface area contributed by atoms with E-state index in [-0.39, 0.29) is 6.61 Å². The number of benzene rings is 1. The van der Waals surface area contributed by atoms with Gasteiger partial charge in [0, 0.05) is 0 Å². The van der Waals surface area contributed by atoms with Crippen molar-refractivity contribution in [1.29, 1.82) is 0 Å². The molecule has 3 nitrogen and oxygen atoms in total. The van der Waals surface area contributed by atoms with Crippen molar-refractivity contribution < 1.29 is 14.6 Å². The Hall–Kier alpha value is -1.35. The molecule has 0 unspecified atom stereocenters. The number of esters is 1. The van der Waals surface area contributed by atoms with Gasteiger partial charge in [0.05, 0.1) is 11.2 Å². The average molecular weight is 194 g/mol. The molecule has 0 atom stereocenters. The molecule has 1 N–H and O–H groups in total. The van der Waals surface area contributed by atoms with E-state index in [0.29, 0.717) is 5.56 Å². The monoisotopic (exact) mass is 194 g/mol. The minimum Gasteiger partial charge on any atom is -0.459 e. The molecule has 0 fully saturated rings. The average Bonchev–Trinajstić information content (AvgIpc) is 2.14. The molecular formula is C11H14O3. The largest absolute Gasteiger partial charge is 0.459 e. The van der Waals surface area contributed by atoms with Gasteiger partial charge in [-0.3, -0.25) is 0 Å². The first-order chi connectivity index (χ1) is 6.49. The van der Waals surface area contributed by atoms with Crippen molar-refractivity contribution in [1.82, 2.24) is 0 Å². The Labute approximate surface area is 83.3 Å². The smallest absolute Gasteiger partial charge is 0.338 e. The van der Waals surface area contributed by atoms with Crippen molar-refractivity contribution in [2.24, 2.45) is 0 Å². The van der Waals surface area contributed by atoms with E-state index in [0.717, 1.165) is 0 Å². The number of carbonyl (C=O) groups excluding carboxylic acids is 1. The Bertz CT molecular complexity index is 298. The Morgan fingerprint density at radius 3 is 2.43 bits per heavy atom. The number of rotatable bonds is 3. The van der Waals surface area contributed by atoms with Crippen molar-refractivity contribution in [3.05, 3.63) is 35.9 Å². The Balaban J connectivity index is 2.52. The minimum absolute atomic E-state index is 0.000722. The first-order valence-electron chi connectivity index (χ1n) is 4.43. The van der Waals surface area contributed by atoms with Crippen molar-refractivity contribution in [2.75, 3.05) is 6.61 Å². The van der Waals surface area contributed by atoms with Crippen LogP contribution >= 0.6 is 0 Å². The molecule has 0 radical (unpaired) electrons. The normalized spacial score (nSPS) is 11.1. The molecule has 1 aromatic carbocycles. The highest BCUT2D eigenvalue weighted by atomic mass is 16.5. The highest BCUT2D eigenvalue weighted by Crippen LogP contribution is 2.05. The Morgan fingerprint density at radius 1 is 1.36 bits per heavy atom. The SMILES string of the molecule is CC(C)(O)COC(=O)c1ccccc1. The zero-order valence-corrected chi connectivity index (χ0v) is 8.36. The van der Waals surface area contributed by atoms with Gasteiger partial charge < -0.3 is 9.84 Å². The van der Waals surface area contributed by atoms with E-state index in [1.807, 2.05) is 6.07 Å². The summed E-state index contributed by atoms with van der Waals surface area (Å²) in [5.74, 6) is -0.410. The van der Waals surface area contributed by atoms with Crippen LogP contribution in [0.15, 0.2) is 30.3 Å². The molecule has 3 heteroatoms. The van der Waals surface area contributed by atoms with Crippen LogP contribution in [0.1, 0.15) is 24.2 Å². The lowest BCUT2D eigenvalue weighted by Gasteiger charge is -2.16. The summed E-state index contributed by atoms with van der Waals surface area (Å²) < 4.78 is 4.90. The predicted molar refractivity (Wildman–Crippen MR) is 53.0 cm³/mol. The van der Waals surface area contributed by atoms with E-state index in [1.54, 1.807) is 38.1 Å². The topological polar surface area (TPSA) is 46.5 Å². The van der Waals surface area contributed by atoms with Gasteiger partial charge in [-0.2, -0.15) is 0 Å². The maximum absolute atomic E-state index is 11.4. The lowest BCUT2D eigenvalue weighted by atomic mass is 10.1. The van der Waals surface area contributed by atoms with Crippen molar-refractivity contribution in [2.45, 2.75) is 19.4 Å². The summed E-state index contributed by atoms with van der Waals surface area (Å²) in [6.07, 6.45) is 0. The standard InChI is InChI=1S/C11H14O3/c1-11(2,13)8-14-10(12)9-6-4-3-5-7-9/h3-7,13H,8H2,1-2H3. The van der Waals surface area contributed by atoms with Gasteiger partial charge in [-0.1, -0.05) is 18.2 Å². The zero-order chi connectivity index (χ0) is 10.6. The number of ether oxygens (including phenoxy) is 1. The molecule has 14 heavy (non-hydrogen) atoms. The van der Waals surface area contributed by atoms with Crippen molar-refractivity contribution in [3.63, 3.8) is 0 Å². The number of aliphatic hydroxyl groups is 1. The van der Waals surface area contributed by atoms with Crippen LogP contribution < -0.4 is 0 Å². The number of carbonyl (C=O) groups is 1. The second-order valence-corrected chi connectivity index (χ2v) is 3.75. The first kappa shape index (κ1) is 10.7.